The van der Waals surface area contributed by atoms with Gasteiger partial charge in [-0.3, -0.25) is 14.5 Å². The van der Waals surface area contributed by atoms with Crippen LogP contribution in [0.2, 0.25) is 0 Å². The van der Waals surface area contributed by atoms with E-state index in [9.17, 15) is 19.5 Å². The number of nitrogens with zero attached hydrogens (tertiary/aromatic N) is 1. The minimum atomic E-state index is -1.30. The van der Waals surface area contributed by atoms with E-state index in [2.05, 4.69) is 10.2 Å². The summed E-state index contributed by atoms with van der Waals surface area (Å²) < 4.78 is 0. The summed E-state index contributed by atoms with van der Waals surface area (Å²) in [5.41, 5.74) is 1.05. The van der Waals surface area contributed by atoms with E-state index < -0.39 is 5.60 Å². The van der Waals surface area contributed by atoms with Gasteiger partial charge in [0.1, 0.15) is 5.60 Å². The molecule has 1 heterocycles. The number of ketones is 2. The van der Waals surface area contributed by atoms with Gasteiger partial charge >= 0.3 is 0 Å². The Morgan fingerprint density at radius 3 is 2.29 bits per heavy atom. The van der Waals surface area contributed by atoms with Crippen molar-refractivity contribution in [2.75, 3.05) is 26.2 Å². The Hall–Kier alpha value is -1.63. The van der Waals surface area contributed by atoms with Crippen molar-refractivity contribution in [2.24, 2.45) is 0 Å². The molecule has 2 unspecified atom stereocenters. The van der Waals surface area contributed by atoms with Crippen molar-refractivity contribution in [3.8, 4) is 0 Å². The van der Waals surface area contributed by atoms with E-state index in [-0.39, 0.29) is 17.6 Å². The molecular formula is C22H34N2O4. The number of hydrogen-bond donors (Lipinski definition) is 2. The number of carbonyl (C=O) groups is 3. The third-order valence-electron chi connectivity index (χ3n) is 6.18. The lowest BCUT2D eigenvalue weighted by Crippen LogP contribution is -2.49. The molecule has 1 fully saturated rings. The Morgan fingerprint density at radius 2 is 1.68 bits per heavy atom. The Labute approximate surface area is 168 Å². The third-order valence-corrected chi connectivity index (χ3v) is 6.18. The summed E-state index contributed by atoms with van der Waals surface area (Å²) in [6.07, 6.45) is 4.03. The average Bonchev–Trinajstić information content (AvgIpc) is 2.70. The van der Waals surface area contributed by atoms with E-state index in [1.165, 1.54) is 0 Å². The smallest absolute Gasteiger partial charge is 0.185 e. The van der Waals surface area contributed by atoms with Crippen LogP contribution >= 0.6 is 0 Å². The minimum absolute atomic E-state index is 0.00258. The zero-order chi connectivity index (χ0) is 20.9. The van der Waals surface area contributed by atoms with Gasteiger partial charge in [0, 0.05) is 54.5 Å². The predicted octanol–water partition coefficient (Wildman–Crippen LogP) is 1.97. The number of piperazine rings is 1. The summed E-state index contributed by atoms with van der Waals surface area (Å²) in [6, 6.07) is 0.252. The molecule has 0 saturated carbocycles. The SMILES string of the molecule is CC1=C(C)C(=O)C(CCCC(CCC(C)(O)C=O)N2CCNCC2)=C(C)C1=O. The van der Waals surface area contributed by atoms with Crippen LogP contribution in [0.25, 0.3) is 0 Å². The van der Waals surface area contributed by atoms with E-state index in [0.717, 1.165) is 45.4 Å². The van der Waals surface area contributed by atoms with Gasteiger partial charge in [-0.15, -0.1) is 0 Å². The largest absolute Gasteiger partial charge is 0.383 e. The fraction of sp³-hybridized carbons (Fsp3) is 0.682. The summed E-state index contributed by atoms with van der Waals surface area (Å²) in [4.78, 5) is 38.4. The van der Waals surface area contributed by atoms with Crippen LogP contribution in [-0.2, 0) is 14.4 Å². The molecule has 6 heteroatoms. The van der Waals surface area contributed by atoms with Gasteiger partial charge in [0.2, 0.25) is 0 Å². The van der Waals surface area contributed by atoms with E-state index in [0.29, 0.717) is 41.4 Å². The second-order valence-corrected chi connectivity index (χ2v) is 8.36. The van der Waals surface area contributed by atoms with E-state index >= 15 is 0 Å². The van der Waals surface area contributed by atoms with E-state index in [4.69, 9.17) is 0 Å². The lowest BCUT2D eigenvalue weighted by molar-refractivity contribution is -0.123. The molecule has 156 valence electrons. The van der Waals surface area contributed by atoms with Crippen molar-refractivity contribution in [3.63, 3.8) is 0 Å². The van der Waals surface area contributed by atoms with Gasteiger partial charge in [0.15, 0.2) is 17.9 Å². The zero-order valence-electron chi connectivity index (χ0n) is 17.6. The van der Waals surface area contributed by atoms with Crippen molar-refractivity contribution >= 4 is 17.9 Å². The van der Waals surface area contributed by atoms with Crippen LogP contribution in [0.4, 0.5) is 0 Å². The monoisotopic (exact) mass is 390 g/mol. The number of aliphatic hydroxyl groups is 1. The fourth-order valence-corrected chi connectivity index (χ4v) is 4.05. The molecule has 0 aromatic rings. The zero-order valence-corrected chi connectivity index (χ0v) is 17.6. The van der Waals surface area contributed by atoms with Crippen LogP contribution in [0, 0.1) is 0 Å². The summed E-state index contributed by atoms with van der Waals surface area (Å²) in [7, 11) is 0. The molecule has 2 aliphatic rings. The maximum absolute atomic E-state index is 12.6. The molecule has 2 N–H and O–H groups in total. The summed E-state index contributed by atoms with van der Waals surface area (Å²) in [5.74, 6) is -0.0232. The Balaban J connectivity index is 2.01. The molecule has 0 aromatic heterocycles. The number of allylic oxidation sites excluding steroid dienone is 4. The van der Waals surface area contributed by atoms with Crippen LogP contribution in [0.3, 0.4) is 0 Å². The average molecular weight is 391 g/mol. The van der Waals surface area contributed by atoms with Crippen molar-refractivity contribution in [1.82, 2.24) is 10.2 Å². The van der Waals surface area contributed by atoms with Gasteiger partial charge in [0.05, 0.1) is 0 Å². The number of Topliss-reactive ketones (excluding diaryl/α,β-unsaturated/α-hetero) is 2. The number of carbonyl (C=O) groups excluding carboxylic acids is 3. The molecule has 0 radical (unpaired) electrons. The van der Waals surface area contributed by atoms with Crippen molar-refractivity contribution in [1.29, 1.82) is 0 Å². The highest BCUT2D eigenvalue weighted by atomic mass is 16.3. The molecule has 0 bridgehead atoms. The van der Waals surface area contributed by atoms with E-state index in [1.807, 2.05) is 0 Å². The Bertz CT molecular complexity index is 685. The highest BCUT2D eigenvalue weighted by molar-refractivity contribution is 6.24. The van der Waals surface area contributed by atoms with Crippen molar-refractivity contribution < 1.29 is 19.5 Å². The van der Waals surface area contributed by atoms with Crippen LogP contribution in [-0.4, -0.2) is 65.7 Å². The predicted molar refractivity (Wildman–Crippen MR) is 109 cm³/mol. The molecule has 6 nitrogen and oxygen atoms in total. The third kappa shape index (κ3) is 5.46. The lowest BCUT2D eigenvalue weighted by atomic mass is 9.83. The topological polar surface area (TPSA) is 86.7 Å². The molecule has 1 saturated heterocycles. The number of rotatable bonds is 9. The highest BCUT2D eigenvalue weighted by Crippen LogP contribution is 2.28. The quantitative estimate of drug-likeness (QED) is 0.462. The minimum Gasteiger partial charge on any atom is -0.383 e. The Morgan fingerprint density at radius 1 is 1.07 bits per heavy atom. The first-order chi connectivity index (χ1) is 13.2. The van der Waals surface area contributed by atoms with Crippen LogP contribution in [0.1, 0.15) is 59.8 Å². The van der Waals surface area contributed by atoms with Gasteiger partial charge in [-0.2, -0.15) is 0 Å². The molecule has 0 aromatic carbocycles. The van der Waals surface area contributed by atoms with Crippen molar-refractivity contribution in [2.45, 2.75) is 71.4 Å². The molecule has 0 spiro atoms. The first-order valence-electron chi connectivity index (χ1n) is 10.3. The highest BCUT2D eigenvalue weighted by Gasteiger charge is 2.29. The molecule has 1 aliphatic carbocycles. The summed E-state index contributed by atoms with van der Waals surface area (Å²) >= 11 is 0. The summed E-state index contributed by atoms with van der Waals surface area (Å²) in [6.45, 7) is 10.5. The maximum atomic E-state index is 12.6. The van der Waals surface area contributed by atoms with Crippen LogP contribution < -0.4 is 5.32 Å². The lowest BCUT2D eigenvalue weighted by Gasteiger charge is -2.36. The second-order valence-electron chi connectivity index (χ2n) is 8.36. The molecule has 0 amide bonds. The Kier molecular flexibility index (Phi) is 7.87. The van der Waals surface area contributed by atoms with Crippen molar-refractivity contribution in [3.05, 3.63) is 22.3 Å². The standard InChI is InChI=1S/C22H34N2O4/c1-15-16(2)21(27)19(17(3)20(15)26)7-5-6-18(8-9-22(4,28)14-25)24-12-10-23-11-13-24/h14,18,23,28H,5-13H2,1-4H3. The second kappa shape index (κ2) is 9.72. The molecule has 1 aliphatic heterocycles. The van der Waals surface area contributed by atoms with Gasteiger partial charge in [-0.05, 0) is 59.8 Å². The first kappa shape index (κ1) is 22.7. The van der Waals surface area contributed by atoms with Gasteiger partial charge < -0.3 is 15.2 Å². The molecule has 28 heavy (non-hydrogen) atoms. The maximum Gasteiger partial charge on any atom is 0.185 e. The number of hydrogen-bond acceptors (Lipinski definition) is 6. The van der Waals surface area contributed by atoms with Crippen LogP contribution in [0.15, 0.2) is 22.3 Å². The van der Waals surface area contributed by atoms with Gasteiger partial charge in [0.25, 0.3) is 0 Å². The number of nitrogens with one attached hydrogen (secondary N) is 1. The van der Waals surface area contributed by atoms with Gasteiger partial charge in [-0.25, -0.2) is 0 Å². The normalized spacial score (nSPS) is 22.5. The fourth-order valence-electron chi connectivity index (χ4n) is 4.05. The van der Waals surface area contributed by atoms with E-state index in [1.54, 1.807) is 27.7 Å². The number of aldehydes is 1. The van der Waals surface area contributed by atoms with Crippen LogP contribution in [0.5, 0.6) is 0 Å². The molecule has 2 rings (SSSR count). The molecular weight excluding hydrogens is 356 g/mol. The molecule has 2 atom stereocenters. The summed E-state index contributed by atoms with van der Waals surface area (Å²) in [5, 5.41) is 13.4. The van der Waals surface area contributed by atoms with Gasteiger partial charge in [-0.1, -0.05) is 0 Å². The first-order valence-corrected chi connectivity index (χ1v) is 10.3.